The Bertz CT molecular complexity index is 795. The van der Waals surface area contributed by atoms with E-state index in [1.165, 1.54) is 36.5 Å². The van der Waals surface area contributed by atoms with Gasteiger partial charge in [-0.3, -0.25) is 4.98 Å². The summed E-state index contributed by atoms with van der Waals surface area (Å²) in [4.78, 5) is 3.95. The summed E-state index contributed by atoms with van der Waals surface area (Å²) < 4.78 is 53.5. The van der Waals surface area contributed by atoms with Gasteiger partial charge in [0.2, 0.25) is 0 Å². The molecule has 0 saturated heterocycles. The van der Waals surface area contributed by atoms with E-state index in [2.05, 4.69) is 15.3 Å². The zero-order valence-electron chi connectivity index (χ0n) is 11.6. The second kappa shape index (κ2) is 5.79. The monoisotopic (exact) mass is 322 g/mol. The molecule has 0 bridgehead atoms. The second-order valence-electron chi connectivity index (χ2n) is 4.78. The van der Waals surface area contributed by atoms with Crippen LogP contribution in [0.25, 0.3) is 11.4 Å². The third kappa shape index (κ3) is 3.20. The van der Waals surface area contributed by atoms with Crippen LogP contribution in [-0.2, 0) is 12.7 Å². The van der Waals surface area contributed by atoms with Gasteiger partial charge in [0.1, 0.15) is 11.5 Å². The predicted molar refractivity (Wildman–Crippen MR) is 73.8 cm³/mol. The third-order valence-corrected chi connectivity index (χ3v) is 3.16. The molecule has 2 aromatic heterocycles. The van der Waals surface area contributed by atoms with Crippen LogP contribution >= 0.6 is 0 Å². The van der Waals surface area contributed by atoms with Gasteiger partial charge in [0, 0.05) is 6.20 Å². The average Bonchev–Trinajstić information content (AvgIpc) is 2.94. The van der Waals surface area contributed by atoms with Crippen molar-refractivity contribution in [2.75, 3.05) is 0 Å². The van der Waals surface area contributed by atoms with Gasteiger partial charge in [0.05, 0.1) is 12.2 Å². The fraction of sp³-hybridized carbons (Fsp3) is 0.133. The standard InChI is InChI=1S/C15H10F4N4/c16-11-6-4-10(5-7-11)9-23-13(12-3-1-2-8-20-12)14(21-22-23)15(17,18)19/h1-8H,9H2. The van der Waals surface area contributed by atoms with Crippen molar-refractivity contribution in [1.82, 2.24) is 20.0 Å². The number of rotatable bonds is 3. The van der Waals surface area contributed by atoms with Gasteiger partial charge in [-0.25, -0.2) is 9.07 Å². The molecule has 0 N–H and O–H groups in total. The van der Waals surface area contributed by atoms with E-state index in [0.717, 1.165) is 4.68 Å². The van der Waals surface area contributed by atoms with Crippen LogP contribution in [0.1, 0.15) is 11.3 Å². The van der Waals surface area contributed by atoms with Crippen molar-refractivity contribution in [3.8, 4) is 11.4 Å². The molecule has 0 atom stereocenters. The number of hydrogen-bond donors (Lipinski definition) is 0. The van der Waals surface area contributed by atoms with Crippen LogP contribution in [0.3, 0.4) is 0 Å². The second-order valence-corrected chi connectivity index (χ2v) is 4.78. The lowest BCUT2D eigenvalue weighted by Crippen LogP contribution is -2.10. The first-order valence-electron chi connectivity index (χ1n) is 6.61. The summed E-state index contributed by atoms with van der Waals surface area (Å²) >= 11 is 0. The van der Waals surface area contributed by atoms with Crippen molar-refractivity contribution in [2.24, 2.45) is 0 Å². The topological polar surface area (TPSA) is 43.6 Å². The molecule has 0 aliphatic heterocycles. The quantitative estimate of drug-likeness (QED) is 0.693. The van der Waals surface area contributed by atoms with Crippen molar-refractivity contribution in [3.63, 3.8) is 0 Å². The van der Waals surface area contributed by atoms with Crippen LogP contribution < -0.4 is 0 Å². The first-order valence-corrected chi connectivity index (χ1v) is 6.61. The summed E-state index contributed by atoms with van der Waals surface area (Å²) in [6.07, 6.45) is -3.25. The molecule has 0 radical (unpaired) electrons. The molecule has 0 saturated carbocycles. The molecular weight excluding hydrogens is 312 g/mol. The first kappa shape index (κ1) is 15.1. The Morgan fingerprint density at radius 2 is 1.74 bits per heavy atom. The molecule has 0 amide bonds. The molecule has 2 heterocycles. The fourth-order valence-corrected chi connectivity index (χ4v) is 2.13. The number of pyridine rings is 1. The van der Waals surface area contributed by atoms with Gasteiger partial charge in [0.25, 0.3) is 0 Å². The number of nitrogens with zero attached hydrogens (tertiary/aromatic N) is 4. The zero-order chi connectivity index (χ0) is 16.4. The van der Waals surface area contributed by atoms with E-state index < -0.39 is 17.7 Å². The number of aromatic nitrogens is 4. The van der Waals surface area contributed by atoms with Crippen molar-refractivity contribution < 1.29 is 17.6 Å². The lowest BCUT2D eigenvalue weighted by atomic mass is 10.2. The molecule has 3 aromatic rings. The van der Waals surface area contributed by atoms with Gasteiger partial charge >= 0.3 is 6.18 Å². The lowest BCUT2D eigenvalue weighted by molar-refractivity contribution is -0.140. The van der Waals surface area contributed by atoms with Gasteiger partial charge in [-0.05, 0) is 29.8 Å². The van der Waals surface area contributed by atoms with Gasteiger partial charge in [-0.1, -0.05) is 23.4 Å². The van der Waals surface area contributed by atoms with Crippen molar-refractivity contribution >= 4 is 0 Å². The van der Waals surface area contributed by atoms with E-state index in [-0.39, 0.29) is 17.9 Å². The Hall–Kier alpha value is -2.77. The Kier molecular flexibility index (Phi) is 3.81. The SMILES string of the molecule is Fc1ccc(Cn2nnc(C(F)(F)F)c2-c2ccccn2)cc1. The van der Waals surface area contributed by atoms with E-state index >= 15 is 0 Å². The van der Waals surface area contributed by atoms with Gasteiger partial charge in [0.15, 0.2) is 5.69 Å². The molecule has 0 fully saturated rings. The lowest BCUT2D eigenvalue weighted by Gasteiger charge is -2.09. The maximum absolute atomic E-state index is 13.1. The molecule has 118 valence electrons. The molecule has 0 aliphatic rings. The van der Waals surface area contributed by atoms with Crippen LogP contribution in [0.4, 0.5) is 17.6 Å². The van der Waals surface area contributed by atoms with Crippen molar-refractivity contribution in [2.45, 2.75) is 12.7 Å². The summed E-state index contributed by atoms with van der Waals surface area (Å²) in [5.74, 6) is -0.423. The molecule has 1 aromatic carbocycles. The van der Waals surface area contributed by atoms with E-state index in [1.807, 2.05) is 0 Å². The summed E-state index contributed by atoms with van der Waals surface area (Å²) in [7, 11) is 0. The van der Waals surface area contributed by atoms with Crippen LogP contribution in [0, 0.1) is 5.82 Å². The highest BCUT2D eigenvalue weighted by Crippen LogP contribution is 2.34. The van der Waals surface area contributed by atoms with Crippen molar-refractivity contribution in [1.29, 1.82) is 0 Å². The molecule has 23 heavy (non-hydrogen) atoms. The number of hydrogen-bond acceptors (Lipinski definition) is 3. The molecule has 0 unspecified atom stereocenters. The highest BCUT2D eigenvalue weighted by molar-refractivity contribution is 5.58. The molecule has 3 rings (SSSR count). The number of benzene rings is 1. The van der Waals surface area contributed by atoms with Gasteiger partial charge in [-0.2, -0.15) is 13.2 Å². The van der Waals surface area contributed by atoms with Crippen LogP contribution in [0.2, 0.25) is 0 Å². The van der Waals surface area contributed by atoms with Gasteiger partial charge < -0.3 is 0 Å². The Morgan fingerprint density at radius 1 is 1.00 bits per heavy atom. The molecule has 8 heteroatoms. The predicted octanol–water partition coefficient (Wildman–Crippen LogP) is 3.55. The largest absolute Gasteiger partial charge is 0.437 e. The summed E-state index contributed by atoms with van der Waals surface area (Å²) in [5, 5.41) is 6.84. The minimum Gasteiger partial charge on any atom is -0.255 e. The van der Waals surface area contributed by atoms with E-state index in [9.17, 15) is 17.6 Å². The maximum atomic E-state index is 13.1. The Morgan fingerprint density at radius 3 is 2.35 bits per heavy atom. The van der Waals surface area contributed by atoms with E-state index in [0.29, 0.717) is 5.56 Å². The van der Waals surface area contributed by atoms with Crippen LogP contribution in [0.5, 0.6) is 0 Å². The van der Waals surface area contributed by atoms with E-state index in [1.54, 1.807) is 12.1 Å². The summed E-state index contributed by atoms with van der Waals surface area (Å²) in [5.41, 5.74) is -0.602. The molecule has 0 spiro atoms. The molecule has 0 aliphatic carbocycles. The number of alkyl halides is 3. The summed E-state index contributed by atoms with van der Waals surface area (Å²) in [6.45, 7) is 0.0231. The number of halogens is 4. The third-order valence-electron chi connectivity index (χ3n) is 3.16. The highest BCUT2D eigenvalue weighted by atomic mass is 19.4. The Labute approximate surface area is 128 Å². The van der Waals surface area contributed by atoms with Crippen LogP contribution in [-0.4, -0.2) is 20.0 Å². The van der Waals surface area contributed by atoms with Gasteiger partial charge in [-0.15, -0.1) is 5.10 Å². The minimum atomic E-state index is -4.64. The first-order chi connectivity index (χ1) is 10.9. The summed E-state index contributed by atoms with van der Waals surface area (Å²) in [6, 6.07) is 10.1. The minimum absolute atomic E-state index is 0.0231. The molecule has 4 nitrogen and oxygen atoms in total. The average molecular weight is 322 g/mol. The van der Waals surface area contributed by atoms with E-state index in [4.69, 9.17) is 0 Å². The van der Waals surface area contributed by atoms with Crippen LogP contribution in [0.15, 0.2) is 48.7 Å². The maximum Gasteiger partial charge on any atom is 0.437 e. The Balaban J connectivity index is 2.07. The van der Waals surface area contributed by atoms with Crippen molar-refractivity contribution in [3.05, 3.63) is 65.7 Å². The fourth-order valence-electron chi connectivity index (χ4n) is 2.13. The normalized spacial score (nSPS) is 11.7. The molecular formula is C15H10F4N4. The zero-order valence-corrected chi connectivity index (χ0v) is 11.6. The highest BCUT2D eigenvalue weighted by Gasteiger charge is 2.39. The smallest absolute Gasteiger partial charge is 0.255 e.